The van der Waals surface area contributed by atoms with Gasteiger partial charge in [0.2, 0.25) is 0 Å². The average Bonchev–Trinajstić information content (AvgIpc) is 2.59. The lowest BCUT2D eigenvalue weighted by Crippen LogP contribution is -2.32. The summed E-state index contributed by atoms with van der Waals surface area (Å²) in [6, 6.07) is 3.70. The van der Waals surface area contributed by atoms with Crippen LogP contribution in [0.3, 0.4) is 0 Å². The van der Waals surface area contributed by atoms with Crippen LogP contribution in [0.5, 0.6) is 5.75 Å². The summed E-state index contributed by atoms with van der Waals surface area (Å²) in [5.74, 6) is 0.180. The number of nitrogens with one attached hydrogen (secondary N) is 2. The zero-order valence-electron chi connectivity index (χ0n) is 16.5. The number of amides is 1. The molecule has 0 aliphatic heterocycles. The molecular weight excluding hydrogens is 340 g/mol. The smallest absolute Gasteiger partial charge is 0.422 e. The number of esters is 1. The molecule has 0 aliphatic carbocycles. The molecule has 1 aromatic carbocycles. The van der Waals surface area contributed by atoms with Crippen molar-refractivity contribution in [1.82, 2.24) is 10.3 Å². The minimum atomic E-state index is -0.615. The number of hydrazine groups is 1. The minimum Gasteiger partial charge on any atom is -0.440 e. The molecule has 1 amide bonds. The highest BCUT2D eigenvalue weighted by Crippen LogP contribution is 2.30. The Morgan fingerprint density at radius 2 is 1.60 bits per heavy atom. The summed E-state index contributed by atoms with van der Waals surface area (Å²) in [6.45, 7) is 15.0. The van der Waals surface area contributed by atoms with E-state index in [1.807, 2.05) is 60.6 Å². The zero-order valence-corrected chi connectivity index (χ0v) is 17.4. The van der Waals surface area contributed by atoms with Gasteiger partial charge < -0.3 is 9.47 Å². The molecule has 1 unspecified atom stereocenters. The SMILES string of the molecule is CC.CC.CCC(OC(=O)NNS)c1cc(C)c(OC(C)=O)c(C)c1. The molecule has 6 nitrogen and oxygen atoms in total. The fraction of sp³-hybridized carbons (Fsp3) is 0.556. The Hall–Kier alpha value is -1.73. The molecule has 1 aromatic rings. The summed E-state index contributed by atoms with van der Waals surface area (Å²) in [4.78, 5) is 24.8. The standard InChI is InChI=1S/C14H20N2O4S.2C2H6/c1-5-12(20-14(18)15-16-21)11-6-8(2)13(9(3)7-11)19-10(4)17;2*1-2/h6-7,12,16,21H,5H2,1-4H3,(H,15,18);2*1-2H3. The van der Waals surface area contributed by atoms with Crippen molar-refractivity contribution in [2.24, 2.45) is 0 Å². The van der Waals surface area contributed by atoms with Crippen LogP contribution in [0.2, 0.25) is 0 Å². The fourth-order valence-corrected chi connectivity index (χ4v) is 2.16. The molecule has 0 radical (unpaired) electrons. The largest absolute Gasteiger partial charge is 0.440 e. The van der Waals surface area contributed by atoms with Crippen LogP contribution in [0.15, 0.2) is 12.1 Å². The van der Waals surface area contributed by atoms with Crippen LogP contribution < -0.4 is 15.0 Å². The van der Waals surface area contributed by atoms with Gasteiger partial charge in [-0.1, -0.05) is 47.4 Å². The van der Waals surface area contributed by atoms with Crippen molar-refractivity contribution >= 4 is 24.9 Å². The first-order valence-electron chi connectivity index (χ1n) is 8.54. The van der Waals surface area contributed by atoms with Crippen molar-refractivity contribution < 1.29 is 19.1 Å². The van der Waals surface area contributed by atoms with Crippen molar-refractivity contribution in [2.45, 2.75) is 67.9 Å². The van der Waals surface area contributed by atoms with Gasteiger partial charge in [0.05, 0.1) is 0 Å². The number of hydrogen-bond acceptors (Lipinski definition) is 6. The highest BCUT2D eigenvalue weighted by Gasteiger charge is 2.18. The van der Waals surface area contributed by atoms with Crippen LogP contribution in [-0.2, 0) is 9.53 Å². The molecule has 0 fully saturated rings. The predicted octanol–water partition coefficient (Wildman–Crippen LogP) is 4.81. The van der Waals surface area contributed by atoms with Gasteiger partial charge in [-0.2, -0.15) is 4.83 Å². The third-order valence-electron chi connectivity index (χ3n) is 2.88. The molecule has 0 aliphatic rings. The van der Waals surface area contributed by atoms with Gasteiger partial charge in [-0.05, 0) is 49.1 Å². The van der Waals surface area contributed by atoms with E-state index >= 15 is 0 Å². The van der Waals surface area contributed by atoms with Crippen LogP contribution in [0, 0.1) is 13.8 Å². The highest BCUT2D eigenvalue weighted by molar-refractivity contribution is 7.78. The summed E-state index contributed by atoms with van der Waals surface area (Å²) in [5, 5.41) is 0. The summed E-state index contributed by atoms with van der Waals surface area (Å²) < 4.78 is 10.5. The quantitative estimate of drug-likeness (QED) is 0.299. The monoisotopic (exact) mass is 372 g/mol. The van der Waals surface area contributed by atoms with Gasteiger partial charge in [-0.3, -0.25) is 4.79 Å². The Morgan fingerprint density at radius 1 is 1.12 bits per heavy atom. The molecule has 2 N–H and O–H groups in total. The lowest BCUT2D eigenvalue weighted by Gasteiger charge is -2.19. The molecular formula is C18H32N2O4S. The Kier molecular flexibility index (Phi) is 14.9. The number of thiol groups is 1. The number of carbonyl (C=O) groups is 2. The van der Waals surface area contributed by atoms with E-state index in [1.54, 1.807) is 0 Å². The fourth-order valence-electron chi connectivity index (χ4n) is 2.07. The molecule has 0 saturated carbocycles. The van der Waals surface area contributed by atoms with Gasteiger partial charge in [-0.25, -0.2) is 10.2 Å². The summed E-state index contributed by atoms with van der Waals surface area (Å²) in [7, 11) is 0. The number of rotatable bonds is 5. The Morgan fingerprint density at radius 3 is 1.96 bits per heavy atom. The molecule has 0 bridgehead atoms. The lowest BCUT2D eigenvalue weighted by molar-refractivity contribution is -0.131. The molecule has 1 atom stereocenters. The number of aryl methyl sites for hydroxylation is 2. The van der Waals surface area contributed by atoms with Gasteiger partial charge in [-0.15, -0.1) is 0 Å². The maximum absolute atomic E-state index is 11.5. The molecule has 7 heteroatoms. The first-order valence-corrected chi connectivity index (χ1v) is 8.99. The summed E-state index contributed by atoms with van der Waals surface area (Å²) >= 11 is 3.67. The third kappa shape index (κ3) is 9.36. The topological polar surface area (TPSA) is 76.7 Å². The molecule has 0 heterocycles. The summed E-state index contributed by atoms with van der Waals surface area (Å²) in [5.41, 5.74) is 4.71. The normalized spacial score (nSPS) is 10.3. The van der Waals surface area contributed by atoms with E-state index in [-0.39, 0.29) is 5.97 Å². The number of hydrogen-bond donors (Lipinski definition) is 3. The van der Waals surface area contributed by atoms with Crippen molar-refractivity contribution in [2.75, 3.05) is 0 Å². The van der Waals surface area contributed by atoms with E-state index in [0.29, 0.717) is 12.2 Å². The van der Waals surface area contributed by atoms with E-state index in [2.05, 4.69) is 23.1 Å². The number of ether oxygens (including phenoxy) is 2. The van der Waals surface area contributed by atoms with Gasteiger partial charge >= 0.3 is 12.1 Å². The van der Waals surface area contributed by atoms with Gasteiger partial charge in [0.15, 0.2) is 0 Å². The van der Waals surface area contributed by atoms with Gasteiger partial charge in [0.25, 0.3) is 0 Å². The third-order valence-corrected chi connectivity index (χ3v) is 2.99. The van der Waals surface area contributed by atoms with Crippen LogP contribution in [0.25, 0.3) is 0 Å². The second-order valence-corrected chi connectivity index (χ2v) is 4.84. The molecule has 0 aromatic heterocycles. The van der Waals surface area contributed by atoms with Crippen LogP contribution >= 0.6 is 12.8 Å². The summed E-state index contributed by atoms with van der Waals surface area (Å²) in [6.07, 6.45) is -0.391. The van der Waals surface area contributed by atoms with Gasteiger partial charge in [0.1, 0.15) is 11.9 Å². The lowest BCUT2D eigenvalue weighted by atomic mass is 10.0. The zero-order chi connectivity index (χ0) is 20.0. The molecule has 25 heavy (non-hydrogen) atoms. The molecule has 144 valence electrons. The van der Waals surface area contributed by atoms with E-state index < -0.39 is 12.2 Å². The van der Waals surface area contributed by atoms with Crippen molar-refractivity contribution in [3.05, 3.63) is 28.8 Å². The van der Waals surface area contributed by atoms with Crippen LogP contribution in [0.1, 0.15) is 70.8 Å². The Bertz CT molecular complexity index is 513. The number of carbonyl (C=O) groups excluding carboxylic acids is 2. The first kappa shape index (κ1) is 25.5. The van der Waals surface area contributed by atoms with Crippen LogP contribution in [-0.4, -0.2) is 12.1 Å². The van der Waals surface area contributed by atoms with Crippen LogP contribution in [0.4, 0.5) is 4.79 Å². The van der Waals surface area contributed by atoms with E-state index in [9.17, 15) is 9.59 Å². The maximum atomic E-state index is 11.5. The maximum Gasteiger partial charge on any atom is 0.422 e. The van der Waals surface area contributed by atoms with E-state index in [0.717, 1.165) is 16.7 Å². The second kappa shape index (κ2) is 14.6. The molecule has 1 rings (SSSR count). The van der Waals surface area contributed by atoms with E-state index in [1.165, 1.54) is 6.92 Å². The first-order chi connectivity index (χ1) is 11.9. The molecule has 0 spiro atoms. The van der Waals surface area contributed by atoms with Crippen molar-refractivity contribution in [3.8, 4) is 5.75 Å². The Labute approximate surface area is 157 Å². The Balaban J connectivity index is 0. The highest BCUT2D eigenvalue weighted by atomic mass is 32.1. The van der Waals surface area contributed by atoms with E-state index in [4.69, 9.17) is 9.47 Å². The molecule has 0 saturated heterocycles. The predicted molar refractivity (Wildman–Crippen MR) is 105 cm³/mol. The second-order valence-electron chi connectivity index (χ2n) is 4.62. The van der Waals surface area contributed by atoms with Crippen molar-refractivity contribution in [3.63, 3.8) is 0 Å². The van der Waals surface area contributed by atoms with Crippen molar-refractivity contribution in [1.29, 1.82) is 0 Å². The average molecular weight is 373 g/mol. The van der Waals surface area contributed by atoms with Gasteiger partial charge in [0, 0.05) is 6.92 Å². The minimum absolute atomic E-state index is 0.364. The number of benzene rings is 1.